The zero-order valence-electron chi connectivity index (χ0n) is 5.02. The van der Waals surface area contributed by atoms with Gasteiger partial charge in [-0.05, 0) is 6.42 Å². The molecule has 0 aromatic heterocycles. The van der Waals surface area contributed by atoms with Gasteiger partial charge in [0.05, 0.1) is 0 Å². The fourth-order valence-electron chi connectivity index (χ4n) is 0.317. The normalized spacial score (nSPS) is 8.11. The molecule has 0 fully saturated rings. The van der Waals surface area contributed by atoms with Crippen molar-refractivity contribution in [2.24, 2.45) is 5.73 Å². The van der Waals surface area contributed by atoms with Gasteiger partial charge in [-0.1, -0.05) is 37.3 Å². The maximum absolute atomic E-state index is 5.23. The molecule has 1 nitrogen and oxygen atoms in total. The Labute approximate surface area is 78.3 Å². The van der Waals surface area contributed by atoms with Gasteiger partial charge >= 0.3 is 18.9 Å². The van der Waals surface area contributed by atoms with Crippen molar-refractivity contribution in [1.82, 2.24) is 0 Å². The van der Waals surface area contributed by atoms with E-state index in [2.05, 4.69) is 19.1 Å². The van der Waals surface area contributed by atoms with E-state index in [0.29, 0.717) is 4.32 Å². The summed E-state index contributed by atoms with van der Waals surface area (Å²) in [6.07, 6.45) is 2.43. The standard InChI is InChI=1S/C5H11NS2.Li.H/c1-2-3-4-8-5(6)7;;/h2-4H2,1H3,(H2,6,7);;. The summed E-state index contributed by atoms with van der Waals surface area (Å²) in [4.78, 5) is 0. The molecule has 0 spiro atoms. The molecule has 0 aliphatic heterocycles. The summed E-state index contributed by atoms with van der Waals surface area (Å²) in [5.41, 5.74) is 5.23. The molecule has 0 saturated carbocycles. The summed E-state index contributed by atoms with van der Waals surface area (Å²) < 4.78 is 0.568. The monoisotopic (exact) mass is 157 g/mol. The molecule has 0 unspecified atom stereocenters. The molecule has 50 valence electrons. The molecule has 0 saturated heterocycles. The average Bonchev–Trinajstić information content (AvgIpc) is 1.66. The van der Waals surface area contributed by atoms with Crippen molar-refractivity contribution in [3.63, 3.8) is 0 Å². The first-order chi connectivity index (χ1) is 3.77. The quantitative estimate of drug-likeness (QED) is 0.377. The first-order valence-electron chi connectivity index (χ1n) is 2.69. The summed E-state index contributed by atoms with van der Waals surface area (Å²) in [6, 6.07) is 0. The van der Waals surface area contributed by atoms with Crippen LogP contribution in [-0.4, -0.2) is 28.9 Å². The summed E-state index contributed by atoms with van der Waals surface area (Å²) in [5.74, 6) is 1.08. The predicted octanol–water partition coefficient (Wildman–Crippen LogP) is 1.11. The molecule has 0 aliphatic carbocycles. The van der Waals surface area contributed by atoms with Crippen LogP contribution < -0.4 is 5.73 Å². The second-order valence-electron chi connectivity index (χ2n) is 1.52. The topological polar surface area (TPSA) is 26.0 Å². The third-order valence-electron chi connectivity index (χ3n) is 0.742. The van der Waals surface area contributed by atoms with Crippen LogP contribution >= 0.6 is 24.0 Å². The van der Waals surface area contributed by atoms with Crippen molar-refractivity contribution in [3.05, 3.63) is 0 Å². The molecule has 0 radical (unpaired) electrons. The van der Waals surface area contributed by atoms with Gasteiger partial charge in [0.2, 0.25) is 0 Å². The Balaban J connectivity index is 0. The summed E-state index contributed by atoms with van der Waals surface area (Å²) in [5, 5.41) is 0. The molecule has 0 amide bonds. The van der Waals surface area contributed by atoms with Crippen molar-refractivity contribution in [2.45, 2.75) is 19.8 Å². The molecule has 0 heterocycles. The molecule has 2 N–H and O–H groups in total. The van der Waals surface area contributed by atoms with Gasteiger partial charge in [-0.25, -0.2) is 0 Å². The number of thioether (sulfide) groups is 1. The Hall–Kier alpha value is 0.837. The van der Waals surface area contributed by atoms with E-state index in [0.717, 1.165) is 5.75 Å². The molecule has 0 aromatic rings. The van der Waals surface area contributed by atoms with Crippen molar-refractivity contribution in [2.75, 3.05) is 5.75 Å². The van der Waals surface area contributed by atoms with Gasteiger partial charge in [-0.15, -0.1) is 0 Å². The van der Waals surface area contributed by atoms with Crippen LogP contribution in [0.2, 0.25) is 0 Å². The molecule has 4 heteroatoms. The van der Waals surface area contributed by atoms with E-state index in [-0.39, 0.29) is 18.9 Å². The van der Waals surface area contributed by atoms with Gasteiger partial charge in [0, 0.05) is 5.75 Å². The minimum absolute atomic E-state index is 0. The predicted molar refractivity (Wildman–Crippen MR) is 51.3 cm³/mol. The van der Waals surface area contributed by atoms with Gasteiger partial charge in [0.15, 0.2) is 0 Å². The summed E-state index contributed by atoms with van der Waals surface area (Å²) >= 11 is 6.21. The number of hydrogen-bond acceptors (Lipinski definition) is 2. The van der Waals surface area contributed by atoms with E-state index in [1.165, 1.54) is 12.8 Å². The van der Waals surface area contributed by atoms with Gasteiger partial charge < -0.3 is 5.73 Å². The molecule has 0 aromatic carbocycles. The Morgan fingerprint density at radius 3 is 2.56 bits per heavy atom. The number of hydrogen-bond donors (Lipinski definition) is 1. The first kappa shape index (κ1) is 12.5. The number of thiocarbonyl (C=S) groups is 1. The van der Waals surface area contributed by atoms with Crippen LogP contribution in [0.15, 0.2) is 0 Å². The molecule has 0 bridgehead atoms. The van der Waals surface area contributed by atoms with Gasteiger partial charge in [0.25, 0.3) is 0 Å². The maximum atomic E-state index is 5.23. The minimum atomic E-state index is 0. The Bertz CT molecular complexity index is 77.4. The first-order valence-corrected chi connectivity index (χ1v) is 4.09. The third-order valence-corrected chi connectivity index (χ3v) is 1.87. The molecule has 0 aliphatic rings. The van der Waals surface area contributed by atoms with E-state index >= 15 is 0 Å². The molecular weight excluding hydrogens is 145 g/mol. The SMILES string of the molecule is CCCCSC(N)=S.[LiH]. The zero-order chi connectivity index (χ0) is 6.41. The van der Waals surface area contributed by atoms with E-state index in [4.69, 9.17) is 5.73 Å². The van der Waals surface area contributed by atoms with Crippen LogP contribution in [0, 0.1) is 0 Å². The Morgan fingerprint density at radius 2 is 2.22 bits per heavy atom. The van der Waals surface area contributed by atoms with Crippen LogP contribution in [0.25, 0.3) is 0 Å². The van der Waals surface area contributed by atoms with Crippen LogP contribution in [-0.2, 0) is 0 Å². The van der Waals surface area contributed by atoms with Crippen LogP contribution in [0.5, 0.6) is 0 Å². The van der Waals surface area contributed by atoms with Gasteiger partial charge in [0.1, 0.15) is 4.32 Å². The Morgan fingerprint density at radius 1 is 1.67 bits per heavy atom. The van der Waals surface area contributed by atoms with Crippen molar-refractivity contribution in [1.29, 1.82) is 0 Å². The van der Waals surface area contributed by atoms with Crippen LogP contribution in [0.1, 0.15) is 19.8 Å². The Kier molecular flexibility index (Phi) is 12.3. The number of rotatable bonds is 3. The van der Waals surface area contributed by atoms with Crippen LogP contribution in [0.3, 0.4) is 0 Å². The second-order valence-corrected chi connectivity index (χ2v) is 3.36. The number of unbranched alkanes of at least 4 members (excludes halogenated alkanes) is 1. The third kappa shape index (κ3) is 12.1. The van der Waals surface area contributed by atoms with Gasteiger partial charge in [-0.2, -0.15) is 0 Å². The molecule has 0 atom stereocenters. The van der Waals surface area contributed by atoms with Crippen molar-refractivity contribution in [3.8, 4) is 0 Å². The number of nitrogens with two attached hydrogens (primary N) is 1. The summed E-state index contributed by atoms with van der Waals surface area (Å²) in [7, 11) is 0. The zero-order valence-corrected chi connectivity index (χ0v) is 6.65. The summed E-state index contributed by atoms with van der Waals surface area (Å²) in [6.45, 7) is 2.15. The van der Waals surface area contributed by atoms with E-state index in [1.807, 2.05) is 0 Å². The fraction of sp³-hybridized carbons (Fsp3) is 0.800. The van der Waals surface area contributed by atoms with Crippen molar-refractivity contribution >= 4 is 47.2 Å². The molecular formula is C5H12LiNS2. The fourth-order valence-corrected chi connectivity index (χ4v) is 1.20. The van der Waals surface area contributed by atoms with E-state index in [9.17, 15) is 0 Å². The molecule has 0 rings (SSSR count). The van der Waals surface area contributed by atoms with Crippen LogP contribution in [0.4, 0.5) is 0 Å². The second kappa shape index (κ2) is 8.84. The van der Waals surface area contributed by atoms with Gasteiger partial charge in [-0.3, -0.25) is 0 Å². The average molecular weight is 157 g/mol. The van der Waals surface area contributed by atoms with E-state index in [1.54, 1.807) is 11.8 Å². The molecule has 9 heavy (non-hydrogen) atoms. The van der Waals surface area contributed by atoms with Crippen molar-refractivity contribution < 1.29 is 0 Å². The van der Waals surface area contributed by atoms with E-state index < -0.39 is 0 Å².